The summed E-state index contributed by atoms with van der Waals surface area (Å²) in [5, 5.41) is 7.39. The maximum Gasteiger partial charge on any atom is 0.213 e. The van der Waals surface area contributed by atoms with Crippen molar-refractivity contribution in [1.29, 1.82) is 0 Å². The minimum atomic E-state index is 0.679. The smallest absolute Gasteiger partial charge is 0.213 e. The van der Waals surface area contributed by atoms with E-state index in [9.17, 15) is 0 Å². The van der Waals surface area contributed by atoms with Gasteiger partial charge in [0.2, 0.25) is 6.39 Å². The van der Waals surface area contributed by atoms with Crippen molar-refractivity contribution in [2.45, 2.75) is 25.9 Å². The van der Waals surface area contributed by atoms with Crippen LogP contribution in [-0.4, -0.2) is 40.7 Å². The normalized spacial score (nSPS) is 34.4. The van der Waals surface area contributed by atoms with Gasteiger partial charge in [-0.15, -0.1) is 0 Å². The minimum Gasteiger partial charge on any atom is -0.343 e. The van der Waals surface area contributed by atoms with Crippen molar-refractivity contribution in [3.05, 3.63) is 12.2 Å². The third kappa shape index (κ3) is 1.64. The molecule has 2 saturated heterocycles. The molecule has 2 aliphatic heterocycles. The summed E-state index contributed by atoms with van der Waals surface area (Å²) in [6.07, 6.45) is 2.62. The molecule has 0 radical (unpaired) electrons. The van der Waals surface area contributed by atoms with E-state index in [4.69, 9.17) is 4.52 Å². The third-order valence-electron chi connectivity index (χ3n) is 3.99. The Bertz CT molecular complexity index is 340. The van der Waals surface area contributed by atoms with Gasteiger partial charge in [0.05, 0.1) is 6.54 Å². The van der Waals surface area contributed by atoms with Crippen molar-refractivity contribution in [1.82, 2.24) is 20.4 Å². The molecule has 0 aliphatic carbocycles. The van der Waals surface area contributed by atoms with E-state index in [0.29, 0.717) is 6.04 Å². The Labute approximate surface area is 95.2 Å². The van der Waals surface area contributed by atoms with Crippen LogP contribution >= 0.6 is 0 Å². The Balaban J connectivity index is 1.71. The molecule has 1 N–H and O–H groups in total. The van der Waals surface area contributed by atoms with Crippen LogP contribution in [0.1, 0.15) is 19.2 Å². The predicted octanol–water partition coefficient (Wildman–Crippen LogP) is 0.499. The summed E-state index contributed by atoms with van der Waals surface area (Å²) in [6, 6.07) is 0.679. The number of fused-ring (bicyclic) bond motifs is 1. The van der Waals surface area contributed by atoms with Gasteiger partial charge in [0.1, 0.15) is 0 Å². The molecule has 5 heteroatoms. The number of aromatic nitrogens is 2. The molecular weight excluding hydrogens is 204 g/mol. The molecule has 0 bridgehead atoms. The summed E-state index contributed by atoms with van der Waals surface area (Å²) >= 11 is 0. The largest absolute Gasteiger partial charge is 0.343 e. The zero-order chi connectivity index (χ0) is 11.0. The van der Waals surface area contributed by atoms with E-state index < -0.39 is 0 Å². The van der Waals surface area contributed by atoms with E-state index in [1.54, 1.807) is 0 Å². The van der Waals surface area contributed by atoms with Gasteiger partial charge >= 0.3 is 0 Å². The number of nitrogens with one attached hydrogen (secondary N) is 1. The first-order valence-electron chi connectivity index (χ1n) is 6.08. The molecule has 16 heavy (non-hydrogen) atoms. The van der Waals surface area contributed by atoms with Crippen LogP contribution in [0.3, 0.4) is 0 Å². The van der Waals surface area contributed by atoms with Gasteiger partial charge in [-0.25, -0.2) is 0 Å². The summed E-state index contributed by atoms with van der Waals surface area (Å²) in [4.78, 5) is 6.62. The van der Waals surface area contributed by atoms with E-state index in [0.717, 1.165) is 24.2 Å². The quantitative estimate of drug-likeness (QED) is 0.807. The van der Waals surface area contributed by atoms with Crippen molar-refractivity contribution < 1.29 is 4.52 Å². The van der Waals surface area contributed by atoms with Gasteiger partial charge in [-0.1, -0.05) is 12.1 Å². The molecular formula is C11H18N4O. The van der Waals surface area contributed by atoms with Crippen molar-refractivity contribution in [3.8, 4) is 0 Å². The van der Waals surface area contributed by atoms with Gasteiger partial charge in [0.15, 0.2) is 5.82 Å². The summed E-state index contributed by atoms with van der Waals surface area (Å²) in [5.41, 5.74) is 0. The Morgan fingerprint density at radius 2 is 2.50 bits per heavy atom. The van der Waals surface area contributed by atoms with E-state index in [1.807, 2.05) is 0 Å². The maximum absolute atomic E-state index is 4.79. The first kappa shape index (κ1) is 10.2. The molecule has 0 amide bonds. The van der Waals surface area contributed by atoms with E-state index >= 15 is 0 Å². The summed E-state index contributed by atoms with van der Waals surface area (Å²) in [6.45, 7) is 6.62. The Kier molecular flexibility index (Phi) is 2.65. The molecule has 2 fully saturated rings. The lowest BCUT2D eigenvalue weighted by Gasteiger charge is -2.25. The van der Waals surface area contributed by atoms with Crippen LogP contribution < -0.4 is 5.32 Å². The van der Waals surface area contributed by atoms with Gasteiger partial charge in [0.25, 0.3) is 0 Å². The van der Waals surface area contributed by atoms with Crippen LogP contribution in [0.4, 0.5) is 0 Å². The number of likely N-dealkylation sites (tertiary alicyclic amines) is 1. The van der Waals surface area contributed by atoms with Crippen LogP contribution in [0.25, 0.3) is 0 Å². The number of hydrogen-bond acceptors (Lipinski definition) is 5. The number of nitrogens with zero attached hydrogens (tertiary/aromatic N) is 3. The first-order valence-corrected chi connectivity index (χ1v) is 6.08. The number of hydrogen-bond donors (Lipinski definition) is 1. The summed E-state index contributed by atoms with van der Waals surface area (Å²) in [7, 11) is 0. The van der Waals surface area contributed by atoms with Gasteiger partial charge < -0.3 is 9.84 Å². The fraction of sp³-hybridized carbons (Fsp3) is 0.818. The molecule has 88 valence electrons. The average Bonchev–Trinajstić information content (AvgIpc) is 2.93. The summed E-state index contributed by atoms with van der Waals surface area (Å²) in [5.74, 6) is 2.44. The highest BCUT2D eigenvalue weighted by molar-refractivity contribution is 4.99. The molecule has 0 saturated carbocycles. The predicted molar refractivity (Wildman–Crippen MR) is 58.6 cm³/mol. The lowest BCUT2D eigenvalue weighted by atomic mass is 9.93. The highest BCUT2D eigenvalue weighted by Gasteiger charge is 2.43. The molecule has 3 unspecified atom stereocenters. The second kappa shape index (κ2) is 4.14. The fourth-order valence-electron chi connectivity index (χ4n) is 3.30. The van der Waals surface area contributed by atoms with Gasteiger partial charge in [-0.3, -0.25) is 4.90 Å². The molecule has 1 aromatic heterocycles. The van der Waals surface area contributed by atoms with Crippen molar-refractivity contribution in [3.63, 3.8) is 0 Å². The molecule has 0 aromatic carbocycles. The molecule has 5 nitrogen and oxygen atoms in total. The van der Waals surface area contributed by atoms with E-state index in [-0.39, 0.29) is 0 Å². The zero-order valence-electron chi connectivity index (χ0n) is 9.59. The standard InChI is InChI=1S/C11H18N4O/c1-2-10-9-4-12-3-8(9)5-15(10)6-11-13-7-16-14-11/h7-10,12H,2-6H2,1H3. The van der Waals surface area contributed by atoms with Crippen LogP contribution in [0, 0.1) is 11.8 Å². The Hall–Kier alpha value is -0.940. The first-order chi connectivity index (χ1) is 7.88. The highest BCUT2D eigenvalue weighted by atomic mass is 16.5. The topological polar surface area (TPSA) is 54.2 Å². The molecule has 3 rings (SSSR count). The van der Waals surface area contributed by atoms with E-state index in [2.05, 4.69) is 27.3 Å². The second-order valence-corrected chi connectivity index (χ2v) is 4.83. The van der Waals surface area contributed by atoms with E-state index in [1.165, 1.54) is 32.4 Å². The highest BCUT2D eigenvalue weighted by Crippen LogP contribution is 2.34. The molecule has 3 atom stereocenters. The average molecular weight is 222 g/mol. The van der Waals surface area contributed by atoms with Crippen LogP contribution in [0.15, 0.2) is 10.9 Å². The molecule has 3 heterocycles. The SMILES string of the molecule is CCC1C2CNCC2CN1Cc1ncon1. The monoisotopic (exact) mass is 222 g/mol. The zero-order valence-corrected chi connectivity index (χ0v) is 9.59. The van der Waals surface area contributed by atoms with Crippen molar-refractivity contribution in [2.24, 2.45) is 11.8 Å². The number of rotatable bonds is 3. The molecule has 2 aliphatic rings. The fourth-order valence-corrected chi connectivity index (χ4v) is 3.30. The third-order valence-corrected chi connectivity index (χ3v) is 3.99. The van der Waals surface area contributed by atoms with Crippen molar-refractivity contribution >= 4 is 0 Å². The Morgan fingerprint density at radius 3 is 3.25 bits per heavy atom. The maximum atomic E-state index is 4.79. The molecule has 0 spiro atoms. The Morgan fingerprint density at radius 1 is 1.56 bits per heavy atom. The van der Waals surface area contributed by atoms with Gasteiger partial charge in [0, 0.05) is 12.6 Å². The van der Waals surface area contributed by atoms with Crippen molar-refractivity contribution in [2.75, 3.05) is 19.6 Å². The summed E-state index contributed by atoms with van der Waals surface area (Å²) < 4.78 is 4.79. The van der Waals surface area contributed by atoms with Gasteiger partial charge in [-0.2, -0.15) is 4.98 Å². The van der Waals surface area contributed by atoms with Crippen LogP contribution in [0.5, 0.6) is 0 Å². The minimum absolute atomic E-state index is 0.679. The second-order valence-electron chi connectivity index (χ2n) is 4.83. The molecule has 1 aromatic rings. The van der Waals surface area contributed by atoms with Crippen LogP contribution in [0.2, 0.25) is 0 Å². The van der Waals surface area contributed by atoms with Gasteiger partial charge in [-0.05, 0) is 31.3 Å². The lowest BCUT2D eigenvalue weighted by molar-refractivity contribution is 0.203. The van der Waals surface area contributed by atoms with Crippen LogP contribution in [-0.2, 0) is 6.54 Å². The lowest BCUT2D eigenvalue weighted by Crippen LogP contribution is -2.34.